The molecule has 0 aromatic heterocycles. The van der Waals surface area contributed by atoms with Gasteiger partial charge in [0.1, 0.15) is 0 Å². The molecule has 21 heavy (non-hydrogen) atoms. The smallest absolute Gasteiger partial charge is 0.0325 e. The van der Waals surface area contributed by atoms with Crippen molar-refractivity contribution in [2.45, 2.75) is 79.2 Å². The maximum atomic E-state index is 3.62. The molecule has 0 amide bonds. The third kappa shape index (κ3) is 3.34. The molecule has 1 atom stereocenters. The summed E-state index contributed by atoms with van der Waals surface area (Å²) in [5.74, 6) is 0.914. The van der Waals surface area contributed by atoms with Crippen molar-refractivity contribution in [3.63, 3.8) is 0 Å². The second kappa shape index (κ2) is 6.96. The summed E-state index contributed by atoms with van der Waals surface area (Å²) < 4.78 is 0. The first-order valence-corrected chi connectivity index (χ1v) is 8.71. The van der Waals surface area contributed by atoms with Crippen molar-refractivity contribution in [3.05, 3.63) is 33.4 Å². The van der Waals surface area contributed by atoms with Gasteiger partial charge in [0.05, 0.1) is 0 Å². The molecule has 1 aliphatic rings. The lowest BCUT2D eigenvalue weighted by molar-refractivity contribution is 0.305. The second-order valence-corrected chi connectivity index (χ2v) is 7.12. The maximum absolute atomic E-state index is 3.62. The first-order valence-electron chi connectivity index (χ1n) is 8.71. The van der Waals surface area contributed by atoms with Crippen LogP contribution in [0, 0.1) is 40.5 Å². The summed E-state index contributed by atoms with van der Waals surface area (Å²) in [5, 5.41) is 3.62. The Morgan fingerprint density at radius 1 is 0.810 bits per heavy atom. The molecule has 1 aromatic rings. The molecule has 1 aliphatic carbocycles. The Bertz CT molecular complexity index is 466. The van der Waals surface area contributed by atoms with Gasteiger partial charge < -0.3 is 5.32 Å². The minimum absolute atomic E-state index is 0.520. The number of hydrogen-bond acceptors (Lipinski definition) is 1. The van der Waals surface area contributed by atoms with Crippen molar-refractivity contribution >= 4 is 0 Å². The van der Waals surface area contributed by atoms with Crippen LogP contribution in [0.5, 0.6) is 0 Å². The Kier molecular flexibility index (Phi) is 5.48. The highest BCUT2D eigenvalue weighted by Gasteiger charge is 2.23. The largest absolute Gasteiger partial charge is 0.313 e. The molecule has 2 rings (SSSR count). The van der Waals surface area contributed by atoms with Crippen molar-refractivity contribution in [1.29, 1.82) is 0 Å². The molecule has 0 heterocycles. The highest BCUT2D eigenvalue weighted by atomic mass is 14.9. The van der Waals surface area contributed by atoms with Gasteiger partial charge in [0.15, 0.2) is 0 Å². The fourth-order valence-electron chi connectivity index (χ4n) is 4.19. The predicted octanol–water partition coefficient (Wildman–Crippen LogP) is 5.46. The molecule has 0 radical (unpaired) electrons. The van der Waals surface area contributed by atoms with Crippen LogP contribution in [0.25, 0.3) is 0 Å². The van der Waals surface area contributed by atoms with E-state index in [1.54, 1.807) is 5.56 Å². The van der Waals surface area contributed by atoms with E-state index in [0.29, 0.717) is 6.04 Å². The van der Waals surface area contributed by atoms with Crippen LogP contribution in [0.3, 0.4) is 0 Å². The van der Waals surface area contributed by atoms with E-state index in [4.69, 9.17) is 0 Å². The SMILES string of the molecule is CNC(CC1CCCCC1)c1c(C)c(C)c(C)c(C)c1C. The highest BCUT2D eigenvalue weighted by Crippen LogP contribution is 2.36. The molecule has 1 nitrogen and oxygen atoms in total. The number of hydrogen-bond donors (Lipinski definition) is 1. The van der Waals surface area contributed by atoms with Gasteiger partial charge in [-0.25, -0.2) is 0 Å². The zero-order valence-corrected chi connectivity index (χ0v) is 14.9. The zero-order valence-electron chi connectivity index (χ0n) is 14.9. The van der Waals surface area contributed by atoms with E-state index in [0.717, 1.165) is 5.92 Å². The molecular weight excluding hydrogens is 254 g/mol. The summed E-state index contributed by atoms with van der Waals surface area (Å²) in [4.78, 5) is 0. The molecule has 0 saturated heterocycles. The minimum Gasteiger partial charge on any atom is -0.313 e. The molecule has 0 aliphatic heterocycles. The Hall–Kier alpha value is -0.820. The fourth-order valence-corrected chi connectivity index (χ4v) is 4.19. The summed E-state index contributed by atoms with van der Waals surface area (Å²) >= 11 is 0. The van der Waals surface area contributed by atoms with Crippen molar-refractivity contribution in [2.24, 2.45) is 5.92 Å². The van der Waals surface area contributed by atoms with Gasteiger partial charge >= 0.3 is 0 Å². The van der Waals surface area contributed by atoms with E-state index in [1.165, 1.54) is 66.3 Å². The quantitative estimate of drug-likeness (QED) is 0.775. The van der Waals surface area contributed by atoms with E-state index in [1.807, 2.05) is 0 Å². The van der Waals surface area contributed by atoms with Gasteiger partial charge in [-0.3, -0.25) is 0 Å². The summed E-state index contributed by atoms with van der Waals surface area (Å²) in [5.41, 5.74) is 9.02. The maximum Gasteiger partial charge on any atom is 0.0325 e. The lowest BCUT2D eigenvalue weighted by atomic mass is 9.79. The Balaban J connectivity index is 2.33. The molecule has 1 heteroatoms. The molecular formula is C20H33N. The number of rotatable bonds is 4. The predicted molar refractivity (Wildman–Crippen MR) is 93.1 cm³/mol. The van der Waals surface area contributed by atoms with Crippen molar-refractivity contribution in [2.75, 3.05) is 7.05 Å². The summed E-state index contributed by atoms with van der Waals surface area (Å²) in [6.45, 7) is 11.5. The molecule has 1 N–H and O–H groups in total. The molecule has 1 unspecified atom stereocenters. The average molecular weight is 287 g/mol. The van der Waals surface area contributed by atoms with Crippen LogP contribution >= 0.6 is 0 Å². The summed E-state index contributed by atoms with van der Waals surface area (Å²) in [6, 6.07) is 0.520. The topological polar surface area (TPSA) is 12.0 Å². The molecule has 118 valence electrons. The van der Waals surface area contributed by atoms with Gasteiger partial charge in [-0.1, -0.05) is 32.1 Å². The van der Waals surface area contributed by atoms with Crippen molar-refractivity contribution < 1.29 is 0 Å². The van der Waals surface area contributed by atoms with Crippen LogP contribution in [0.2, 0.25) is 0 Å². The van der Waals surface area contributed by atoms with Crippen molar-refractivity contribution in [3.8, 4) is 0 Å². The van der Waals surface area contributed by atoms with E-state index in [-0.39, 0.29) is 0 Å². The minimum atomic E-state index is 0.520. The van der Waals surface area contributed by atoms with Crippen LogP contribution in [-0.2, 0) is 0 Å². The van der Waals surface area contributed by atoms with Crippen LogP contribution in [-0.4, -0.2) is 7.05 Å². The third-order valence-corrected chi connectivity index (χ3v) is 6.05. The van der Waals surface area contributed by atoms with E-state index in [9.17, 15) is 0 Å². The monoisotopic (exact) mass is 287 g/mol. The Morgan fingerprint density at radius 3 is 1.76 bits per heavy atom. The lowest BCUT2D eigenvalue weighted by Crippen LogP contribution is -2.23. The van der Waals surface area contributed by atoms with Crippen LogP contribution in [0.15, 0.2) is 0 Å². The van der Waals surface area contributed by atoms with Crippen LogP contribution in [0.4, 0.5) is 0 Å². The first kappa shape index (κ1) is 16.5. The standard InChI is InChI=1S/C20H33N/c1-13-14(2)16(4)20(17(5)15(13)3)19(21-6)12-18-10-8-7-9-11-18/h18-19,21H,7-12H2,1-6H3. The van der Waals surface area contributed by atoms with Gasteiger partial charge in [0.25, 0.3) is 0 Å². The van der Waals surface area contributed by atoms with Crippen LogP contribution in [0.1, 0.15) is 77.9 Å². The van der Waals surface area contributed by atoms with E-state index in [2.05, 4.69) is 47.0 Å². The molecule has 1 aromatic carbocycles. The zero-order chi connectivity index (χ0) is 15.6. The fraction of sp³-hybridized carbons (Fsp3) is 0.700. The van der Waals surface area contributed by atoms with Gasteiger partial charge in [-0.2, -0.15) is 0 Å². The Morgan fingerprint density at radius 2 is 1.29 bits per heavy atom. The Labute approximate surface area is 131 Å². The first-order chi connectivity index (χ1) is 9.97. The highest BCUT2D eigenvalue weighted by molar-refractivity contribution is 5.50. The van der Waals surface area contributed by atoms with Gasteiger partial charge in [-0.05, 0) is 87.4 Å². The van der Waals surface area contributed by atoms with E-state index < -0.39 is 0 Å². The summed E-state index contributed by atoms with van der Waals surface area (Å²) in [6.07, 6.45) is 8.48. The number of nitrogens with one attached hydrogen (secondary N) is 1. The lowest BCUT2D eigenvalue weighted by Gasteiger charge is -2.30. The number of benzene rings is 1. The molecule has 1 saturated carbocycles. The van der Waals surface area contributed by atoms with Crippen LogP contribution < -0.4 is 5.32 Å². The molecule has 0 spiro atoms. The van der Waals surface area contributed by atoms with Gasteiger partial charge in [0.2, 0.25) is 0 Å². The van der Waals surface area contributed by atoms with Gasteiger partial charge in [-0.15, -0.1) is 0 Å². The normalized spacial score (nSPS) is 18.0. The van der Waals surface area contributed by atoms with E-state index >= 15 is 0 Å². The van der Waals surface area contributed by atoms with Gasteiger partial charge in [0, 0.05) is 6.04 Å². The molecule has 0 bridgehead atoms. The summed E-state index contributed by atoms with van der Waals surface area (Å²) in [7, 11) is 2.14. The van der Waals surface area contributed by atoms with Crippen molar-refractivity contribution in [1.82, 2.24) is 5.32 Å². The molecule has 1 fully saturated rings. The average Bonchev–Trinajstić information content (AvgIpc) is 2.51. The third-order valence-electron chi connectivity index (χ3n) is 6.05. The second-order valence-electron chi connectivity index (χ2n) is 7.12.